The minimum atomic E-state index is -0.823. The number of hydrogen-bond donors (Lipinski definition) is 2. The Bertz CT molecular complexity index is 576. The van der Waals surface area contributed by atoms with E-state index in [0.717, 1.165) is 11.6 Å². The normalized spacial score (nSPS) is 10.4. The van der Waals surface area contributed by atoms with Crippen molar-refractivity contribution < 1.29 is 8.78 Å². The third kappa shape index (κ3) is 3.18. The Kier molecular flexibility index (Phi) is 4.41. The van der Waals surface area contributed by atoms with Crippen LogP contribution in [0.25, 0.3) is 0 Å². The van der Waals surface area contributed by atoms with Gasteiger partial charge in [0, 0.05) is 32.1 Å². The second-order valence-electron chi connectivity index (χ2n) is 4.30. The van der Waals surface area contributed by atoms with E-state index >= 15 is 0 Å². The summed E-state index contributed by atoms with van der Waals surface area (Å²) in [6.45, 7) is 0.531. The van der Waals surface area contributed by atoms with Crippen molar-refractivity contribution in [2.45, 2.75) is 6.42 Å². The Morgan fingerprint density at radius 2 is 1.95 bits per heavy atom. The fourth-order valence-electron chi connectivity index (χ4n) is 1.78. The third-order valence-corrected chi connectivity index (χ3v) is 2.89. The van der Waals surface area contributed by atoms with Crippen LogP contribution in [-0.4, -0.2) is 23.6 Å². The first-order valence-corrected chi connectivity index (χ1v) is 6.04. The first kappa shape index (κ1) is 14.1. The summed E-state index contributed by atoms with van der Waals surface area (Å²) in [5, 5.41) is 0. The number of hydrogen-bond acceptors (Lipinski definition) is 5. The molecule has 0 saturated heterocycles. The Morgan fingerprint density at radius 1 is 1.25 bits per heavy atom. The molecule has 106 valence electrons. The van der Waals surface area contributed by atoms with Crippen molar-refractivity contribution >= 4 is 11.6 Å². The summed E-state index contributed by atoms with van der Waals surface area (Å²) in [5.74, 6) is 3.45. The van der Waals surface area contributed by atoms with Gasteiger partial charge in [0.2, 0.25) is 0 Å². The second kappa shape index (κ2) is 6.25. The lowest BCUT2D eigenvalue weighted by Gasteiger charge is -2.19. The van der Waals surface area contributed by atoms with Gasteiger partial charge in [0.15, 0.2) is 23.3 Å². The summed E-state index contributed by atoms with van der Waals surface area (Å²) in [6.07, 6.45) is 4.09. The summed E-state index contributed by atoms with van der Waals surface area (Å²) < 4.78 is 27.0. The van der Waals surface area contributed by atoms with E-state index in [2.05, 4.69) is 15.4 Å². The molecule has 0 aromatic carbocycles. The molecule has 0 fully saturated rings. The molecule has 0 saturated carbocycles. The van der Waals surface area contributed by atoms with E-state index in [-0.39, 0.29) is 11.6 Å². The predicted molar refractivity (Wildman–Crippen MR) is 73.2 cm³/mol. The lowest BCUT2D eigenvalue weighted by molar-refractivity contribution is 0.572. The quantitative estimate of drug-likeness (QED) is 0.644. The SMILES string of the molecule is CN(CCc1ccncc1)c1nc(NN)c(F)cc1F. The van der Waals surface area contributed by atoms with Crippen LogP contribution in [0, 0.1) is 11.6 Å². The highest BCUT2D eigenvalue weighted by Crippen LogP contribution is 2.21. The molecular formula is C13H15F2N5. The van der Waals surface area contributed by atoms with Gasteiger partial charge in [-0.15, -0.1) is 0 Å². The topological polar surface area (TPSA) is 67.1 Å². The summed E-state index contributed by atoms with van der Waals surface area (Å²) in [5.41, 5.74) is 3.18. The number of nitrogens with two attached hydrogens (primary N) is 1. The Morgan fingerprint density at radius 3 is 2.60 bits per heavy atom. The highest BCUT2D eigenvalue weighted by molar-refractivity contribution is 5.48. The van der Waals surface area contributed by atoms with Crippen molar-refractivity contribution in [2.75, 3.05) is 23.9 Å². The number of nitrogens with one attached hydrogen (secondary N) is 1. The summed E-state index contributed by atoms with van der Waals surface area (Å²) >= 11 is 0. The highest BCUT2D eigenvalue weighted by atomic mass is 19.1. The zero-order chi connectivity index (χ0) is 14.5. The van der Waals surface area contributed by atoms with Crippen LogP contribution in [-0.2, 0) is 6.42 Å². The molecule has 0 amide bonds. The van der Waals surface area contributed by atoms with E-state index in [0.29, 0.717) is 13.0 Å². The second-order valence-corrected chi connectivity index (χ2v) is 4.30. The Balaban J connectivity index is 2.11. The number of likely N-dealkylation sites (N-methyl/N-ethyl adjacent to an activating group) is 1. The number of halogens is 2. The van der Waals surface area contributed by atoms with Crippen molar-refractivity contribution in [3.8, 4) is 0 Å². The molecule has 0 aliphatic heterocycles. The monoisotopic (exact) mass is 279 g/mol. The van der Waals surface area contributed by atoms with Crippen molar-refractivity contribution in [1.29, 1.82) is 0 Å². The molecule has 0 spiro atoms. The molecule has 7 heteroatoms. The van der Waals surface area contributed by atoms with Gasteiger partial charge in [-0.2, -0.15) is 0 Å². The standard InChI is InChI=1S/C13H15F2N5/c1-20(7-4-9-2-5-17-6-3-9)13-11(15)8-10(14)12(18-13)19-16/h2-3,5-6,8H,4,7,16H2,1H3,(H,18,19). The molecule has 20 heavy (non-hydrogen) atoms. The summed E-state index contributed by atoms with van der Waals surface area (Å²) in [7, 11) is 1.69. The number of anilines is 2. The van der Waals surface area contributed by atoms with Crippen LogP contribution < -0.4 is 16.2 Å². The van der Waals surface area contributed by atoms with Gasteiger partial charge in [0.05, 0.1) is 0 Å². The average molecular weight is 279 g/mol. The smallest absolute Gasteiger partial charge is 0.178 e. The molecule has 0 bridgehead atoms. The molecule has 2 rings (SSSR count). The predicted octanol–water partition coefficient (Wildman–Crippen LogP) is 1.72. The van der Waals surface area contributed by atoms with Gasteiger partial charge >= 0.3 is 0 Å². The molecule has 0 aliphatic rings. The number of pyridine rings is 2. The first-order valence-electron chi connectivity index (χ1n) is 6.04. The van der Waals surface area contributed by atoms with Crippen LogP contribution in [0.5, 0.6) is 0 Å². The van der Waals surface area contributed by atoms with E-state index < -0.39 is 11.6 Å². The first-order chi connectivity index (χ1) is 9.61. The zero-order valence-electron chi connectivity index (χ0n) is 11.0. The summed E-state index contributed by atoms with van der Waals surface area (Å²) in [6, 6.07) is 4.53. The Hall–Kier alpha value is -2.28. The molecule has 2 aromatic heterocycles. The van der Waals surface area contributed by atoms with E-state index in [4.69, 9.17) is 5.84 Å². The molecule has 2 aromatic rings. The lowest BCUT2D eigenvalue weighted by Crippen LogP contribution is -2.24. The molecule has 0 aliphatic carbocycles. The third-order valence-electron chi connectivity index (χ3n) is 2.89. The van der Waals surface area contributed by atoms with Gasteiger partial charge in [-0.3, -0.25) is 4.98 Å². The molecule has 0 atom stereocenters. The number of nitrogens with zero attached hydrogens (tertiary/aromatic N) is 3. The molecule has 0 unspecified atom stereocenters. The van der Waals surface area contributed by atoms with Gasteiger partial charge in [-0.25, -0.2) is 19.6 Å². The fraction of sp³-hybridized carbons (Fsp3) is 0.231. The number of rotatable bonds is 5. The summed E-state index contributed by atoms with van der Waals surface area (Å²) in [4.78, 5) is 9.36. The van der Waals surface area contributed by atoms with Crippen LogP contribution in [0.4, 0.5) is 20.4 Å². The van der Waals surface area contributed by atoms with Crippen LogP contribution in [0.15, 0.2) is 30.6 Å². The largest absolute Gasteiger partial charge is 0.357 e. The maximum absolute atomic E-state index is 13.7. The van der Waals surface area contributed by atoms with E-state index in [1.54, 1.807) is 24.3 Å². The average Bonchev–Trinajstić information content (AvgIpc) is 2.46. The molecule has 5 nitrogen and oxygen atoms in total. The van der Waals surface area contributed by atoms with Gasteiger partial charge in [0.1, 0.15) is 0 Å². The van der Waals surface area contributed by atoms with Gasteiger partial charge in [-0.1, -0.05) is 0 Å². The lowest BCUT2D eigenvalue weighted by atomic mass is 10.2. The van der Waals surface area contributed by atoms with Crippen molar-refractivity contribution in [1.82, 2.24) is 9.97 Å². The van der Waals surface area contributed by atoms with E-state index in [9.17, 15) is 8.78 Å². The van der Waals surface area contributed by atoms with Gasteiger partial charge < -0.3 is 10.3 Å². The van der Waals surface area contributed by atoms with E-state index in [1.807, 2.05) is 12.1 Å². The zero-order valence-corrected chi connectivity index (χ0v) is 11.0. The molecule has 0 radical (unpaired) electrons. The van der Waals surface area contributed by atoms with Gasteiger partial charge in [0.25, 0.3) is 0 Å². The molecular weight excluding hydrogens is 264 g/mol. The maximum atomic E-state index is 13.7. The minimum absolute atomic E-state index is 0.0495. The van der Waals surface area contributed by atoms with Crippen LogP contribution in [0.3, 0.4) is 0 Å². The number of hydrazine groups is 1. The van der Waals surface area contributed by atoms with Crippen molar-refractivity contribution in [3.63, 3.8) is 0 Å². The van der Waals surface area contributed by atoms with Crippen LogP contribution in [0.2, 0.25) is 0 Å². The van der Waals surface area contributed by atoms with Crippen molar-refractivity contribution in [2.24, 2.45) is 5.84 Å². The molecule has 3 N–H and O–H groups in total. The Labute approximate surface area is 115 Å². The number of nitrogen functional groups attached to an aromatic ring is 1. The van der Waals surface area contributed by atoms with Crippen molar-refractivity contribution in [3.05, 3.63) is 47.8 Å². The van der Waals surface area contributed by atoms with Gasteiger partial charge in [-0.05, 0) is 24.1 Å². The van der Waals surface area contributed by atoms with Crippen LogP contribution in [0.1, 0.15) is 5.56 Å². The maximum Gasteiger partial charge on any atom is 0.178 e. The fourth-order valence-corrected chi connectivity index (χ4v) is 1.78. The number of aromatic nitrogens is 2. The van der Waals surface area contributed by atoms with Crippen LogP contribution >= 0.6 is 0 Å². The molecule has 2 heterocycles. The minimum Gasteiger partial charge on any atom is -0.357 e. The highest BCUT2D eigenvalue weighted by Gasteiger charge is 2.14. The van der Waals surface area contributed by atoms with E-state index in [1.165, 1.54) is 0 Å².